The van der Waals surface area contributed by atoms with Crippen molar-refractivity contribution >= 4 is 32.4 Å². The van der Waals surface area contributed by atoms with Gasteiger partial charge in [0.2, 0.25) is 0 Å². The summed E-state index contributed by atoms with van der Waals surface area (Å²) in [5.74, 6) is -2.24. The first-order valence-electron chi connectivity index (χ1n) is 11.6. The Hall–Kier alpha value is -1.62. The Balaban J connectivity index is 1.13. The van der Waals surface area contributed by atoms with E-state index >= 15 is 0 Å². The molecule has 7 rings (SSSR count). The van der Waals surface area contributed by atoms with Crippen molar-refractivity contribution < 1.29 is 62.9 Å². The minimum atomic E-state index is -5.99. The van der Waals surface area contributed by atoms with Gasteiger partial charge in [-0.2, -0.15) is 25.6 Å². The first-order chi connectivity index (χ1) is 16.6. The van der Waals surface area contributed by atoms with E-state index in [1.165, 1.54) is 0 Å². The van der Waals surface area contributed by atoms with Crippen LogP contribution in [-0.4, -0.2) is 80.6 Å². The van der Waals surface area contributed by atoms with E-state index in [1.807, 2.05) is 0 Å². The zero-order valence-corrected chi connectivity index (χ0v) is 20.3. The van der Waals surface area contributed by atoms with E-state index in [1.54, 1.807) is 0 Å². The highest BCUT2D eigenvalue weighted by Gasteiger charge is 2.68. The number of rotatable bonds is 6. The van der Waals surface area contributed by atoms with Gasteiger partial charge in [-0.05, 0) is 56.8 Å². The lowest BCUT2D eigenvalue weighted by Crippen LogP contribution is -2.59. The van der Waals surface area contributed by atoms with Crippen molar-refractivity contribution in [2.75, 3.05) is 6.61 Å². The summed E-state index contributed by atoms with van der Waals surface area (Å²) in [6, 6.07) is 0. The van der Waals surface area contributed by atoms with Gasteiger partial charge in [0.15, 0.2) is 6.10 Å². The van der Waals surface area contributed by atoms with Crippen molar-refractivity contribution in [2.45, 2.75) is 85.5 Å². The van der Waals surface area contributed by atoms with Crippen LogP contribution in [0.15, 0.2) is 0 Å². The van der Waals surface area contributed by atoms with E-state index in [4.69, 9.17) is 22.9 Å². The summed E-state index contributed by atoms with van der Waals surface area (Å²) in [5, 5.41) is -5.87. The molecule has 202 valence electrons. The van der Waals surface area contributed by atoms with E-state index in [-0.39, 0.29) is 24.7 Å². The summed E-state index contributed by atoms with van der Waals surface area (Å²) in [7, 11) is -9.78. The fraction of sp³-hybridized carbons (Fsp3) is 0.900. The maximum Gasteiger partial charge on any atom is 0.509 e. The summed E-state index contributed by atoms with van der Waals surface area (Å²) >= 11 is 0. The number of hydrogen-bond donors (Lipinski definition) is 1. The minimum Gasteiger partial charge on any atom is -0.460 e. The Kier molecular flexibility index (Phi) is 5.14. The lowest BCUT2D eigenvalue weighted by atomic mass is 9.48. The van der Waals surface area contributed by atoms with Gasteiger partial charge in [-0.15, -0.1) is 0 Å². The molecular formula is C20H24F2O12S2. The largest absolute Gasteiger partial charge is 0.509 e. The smallest absolute Gasteiger partial charge is 0.460 e. The lowest BCUT2D eigenvalue weighted by molar-refractivity contribution is -0.200. The zero-order valence-electron chi connectivity index (χ0n) is 18.7. The van der Waals surface area contributed by atoms with Crippen molar-refractivity contribution in [1.82, 2.24) is 0 Å². The van der Waals surface area contributed by atoms with Gasteiger partial charge in [-0.3, -0.25) is 8.74 Å². The van der Waals surface area contributed by atoms with Crippen LogP contribution in [0.3, 0.4) is 0 Å². The van der Waals surface area contributed by atoms with Gasteiger partial charge in [0.25, 0.3) is 10.1 Å². The molecule has 0 aromatic heterocycles. The molecule has 12 nitrogen and oxygen atoms in total. The van der Waals surface area contributed by atoms with Gasteiger partial charge in [0.1, 0.15) is 23.1 Å². The molecule has 0 amide bonds. The quantitative estimate of drug-likeness (QED) is 0.281. The van der Waals surface area contributed by atoms with Crippen LogP contribution in [0.25, 0.3) is 0 Å². The molecule has 3 heterocycles. The molecular weight excluding hydrogens is 534 g/mol. The lowest BCUT2D eigenvalue weighted by Gasteiger charge is -2.60. The van der Waals surface area contributed by atoms with Crippen LogP contribution in [0.2, 0.25) is 0 Å². The molecule has 7 atom stereocenters. The van der Waals surface area contributed by atoms with Gasteiger partial charge in [-0.1, -0.05) is 0 Å². The summed E-state index contributed by atoms with van der Waals surface area (Å²) < 4.78 is 108. The minimum absolute atomic E-state index is 0.0646. The zero-order chi connectivity index (χ0) is 25.9. The second kappa shape index (κ2) is 7.48. The SMILES string of the molecule is O=C(OC1C2CC3C(O2)C1OS3(=O)=O)OC12CC3CC(CC(COC(=O)C(F)(F)S(=O)(=O)O)(C3)C1)C2. The van der Waals surface area contributed by atoms with Crippen molar-refractivity contribution in [3.8, 4) is 0 Å². The Morgan fingerprint density at radius 3 is 2.39 bits per heavy atom. The second-order valence-electron chi connectivity index (χ2n) is 11.1. The molecule has 1 N–H and O–H groups in total. The molecule has 7 aliphatic rings. The maximum absolute atomic E-state index is 13.6. The summed E-state index contributed by atoms with van der Waals surface area (Å²) in [5.41, 5.74) is -1.80. The van der Waals surface area contributed by atoms with Crippen LogP contribution >= 0.6 is 0 Å². The predicted octanol–water partition coefficient (Wildman–Crippen LogP) is 1.14. The average molecular weight is 559 g/mol. The molecule has 3 saturated heterocycles. The highest BCUT2D eigenvalue weighted by atomic mass is 32.2. The number of alkyl halides is 2. The van der Waals surface area contributed by atoms with Gasteiger partial charge >= 0.3 is 27.5 Å². The first-order valence-corrected chi connectivity index (χ1v) is 14.5. The number of ether oxygens (including phenoxy) is 4. The van der Waals surface area contributed by atoms with Crippen LogP contribution in [0, 0.1) is 17.3 Å². The number of hydrogen-bond acceptors (Lipinski definition) is 11. The molecule has 6 bridgehead atoms. The third-order valence-corrected chi connectivity index (χ3v) is 11.0. The van der Waals surface area contributed by atoms with Crippen LogP contribution in [0.4, 0.5) is 13.6 Å². The summed E-state index contributed by atoms with van der Waals surface area (Å²) in [4.78, 5) is 24.6. The van der Waals surface area contributed by atoms with Gasteiger partial charge < -0.3 is 18.9 Å². The van der Waals surface area contributed by atoms with Crippen LogP contribution < -0.4 is 0 Å². The highest BCUT2D eigenvalue weighted by molar-refractivity contribution is 7.88. The van der Waals surface area contributed by atoms with Crippen molar-refractivity contribution in [3.63, 3.8) is 0 Å². The Morgan fingerprint density at radius 1 is 1.08 bits per heavy atom. The molecule has 3 aliphatic heterocycles. The second-order valence-corrected chi connectivity index (χ2v) is 14.4. The molecule has 7 fully saturated rings. The fourth-order valence-electron chi connectivity index (χ4n) is 7.74. The first kappa shape index (κ1) is 24.7. The van der Waals surface area contributed by atoms with E-state index in [9.17, 15) is 35.2 Å². The molecule has 0 radical (unpaired) electrons. The van der Waals surface area contributed by atoms with Crippen molar-refractivity contribution in [2.24, 2.45) is 17.3 Å². The number of esters is 1. The molecule has 16 heteroatoms. The molecule has 36 heavy (non-hydrogen) atoms. The molecule has 7 unspecified atom stereocenters. The van der Waals surface area contributed by atoms with E-state index in [0.29, 0.717) is 25.7 Å². The van der Waals surface area contributed by atoms with Gasteiger partial charge in [-0.25, -0.2) is 9.59 Å². The summed E-state index contributed by atoms with van der Waals surface area (Å²) in [6.07, 6.45) is -1.01. The third-order valence-electron chi connectivity index (χ3n) is 8.52. The maximum atomic E-state index is 13.6. The topological polar surface area (TPSA) is 169 Å². The van der Waals surface area contributed by atoms with Gasteiger partial charge in [0, 0.05) is 5.41 Å². The Labute approximate surface area is 204 Å². The highest BCUT2D eigenvalue weighted by Crippen LogP contribution is 2.63. The number of halogens is 2. The average Bonchev–Trinajstić information content (AvgIpc) is 3.34. The Morgan fingerprint density at radius 2 is 1.75 bits per heavy atom. The van der Waals surface area contributed by atoms with Gasteiger partial charge in [0.05, 0.1) is 12.7 Å². The number of fused-ring (bicyclic) bond motifs is 1. The molecule has 4 saturated carbocycles. The Bertz CT molecular complexity index is 1200. The molecule has 0 spiro atoms. The normalized spacial score (nSPS) is 45.6. The fourth-order valence-corrected chi connectivity index (χ4v) is 9.65. The number of carbonyl (C=O) groups excluding carboxylic acids is 2. The molecule has 0 aromatic rings. The van der Waals surface area contributed by atoms with Crippen LogP contribution in [0.1, 0.15) is 44.9 Å². The summed E-state index contributed by atoms with van der Waals surface area (Å²) in [6.45, 7) is -0.514. The van der Waals surface area contributed by atoms with Crippen LogP contribution in [-0.2, 0) is 48.2 Å². The van der Waals surface area contributed by atoms with Crippen molar-refractivity contribution in [1.29, 1.82) is 0 Å². The van der Waals surface area contributed by atoms with E-state index in [2.05, 4.69) is 4.74 Å². The standard InChI is InChI=1S/C20H24F2O12S2/c21-20(22,36(27,28)29)16(23)30-8-18-3-9-1-10(4-18)6-19(5-9,7-18)33-17(24)32-13-11-2-12-14(31-11)15(13)34-35(12,25)26/h9-15H,1-8H2,(H,27,28,29). The molecule has 0 aromatic carbocycles. The monoisotopic (exact) mass is 558 g/mol. The number of carbonyl (C=O) groups is 2. The third kappa shape index (κ3) is 3.66. The van der Waals surface area contributed by atoms with Crippen LogP contribution in [0.5, 0.6) is 0 Å². The van der Waals surface area contributed by atoms with E-state index in [0.717, 1.165) is 6.42 Å². The van der Waals surface area contributed by atoms with E-state index < -0.39 is 84.9 Å². The predicted molar refractivity (Wildman–Crippen MR) is 110 cm³/mol. The van der Waals surface area contributed by atoms with Crippen molar-refractivity contribution in [3.05, 3.63) is 0 Å². The molecule has 4 aliphatic carbocycles.